The summed E-state index contributed by atoms with van der Waals surface area (Å²) in [5, 5.41) is 3.29. The predicted molar refractivity (Wildman–Crippen MR) is 111 cm³/mol. The third-order valence-corrected chi connectivity index (χ3v) is 5.14. The summed E-state index contributed by atoms with van der Waals surface area (Å²) in [6.07, 6.45) is 0.696. The molecule has 0 radical (unpaired) electrons. The largest absolute Gasteiger partial charge is 0.479 e. The highest BCUT2D eigenvalue weighted by atomic mass is 35.5. The van der Waals surface area contributed by atoms with Crippen molar-refractivity contribution in [1.29, 1.82) is 0 Å². The Morgan fingerprint density at radius 1 is 1.14 bits per heavy atom. The molecule has 2 aromatic carbocycles. The Hall–Kier alpha value is -2.09. The molecule has 150 valence electrons. The van der Waals surface area contributed by atoms with E-state index in [9.17, 15) is 13.8 Å². The van der Waals surface area contributed by atoms with Gasteiger partial charge in [0.25, 0.3) is 5.91 Å². The van der Waals surface area contributed by atoms with E-state index in [0.29, 0.717) is 22.0 Å². The molecule has 0 aromatic heterocycles. The van der Waals surface area contributed by atoms with Crippen molar-refractivity contribution in [3.05, 3.63) is 58.1 Å². The van der Waals surface area contributed by atoms with Crippen LogP contribution in [0.3, 0.4) is 0 Å². The van der Waals surface area contributed by atoms with E-state index in [1.807, 2.05) is 0 Å². The van der Waals surface area contributed by atoms with Crippen LogP contribution in [0.5, 0.6) is 5.75 Å². The van der Waals surface area contributed by atoms with E-state index in [4.69, 9.17) is 32.7 Å². The van der Waals surface area contributed by atoms with Gasteiger partial charge in [-0.05, 0) is 43.3 Å². The second kappa shape index (κ2) is 10.5. The number of ether oxygens (including phenoxy) is 2. The van der Waals surface area contributed by atoms with Gasteiger partial charge in [0.15, 0.2) is 6.10 Å². The Morgan fingerprint density at radius 2 is 1.82 bits per heavy atom. The van der Waals surface area contributed by atoms with Gasteiger partial charge in [0.1, 0.15) is 12.4 Å². The smallest absolute Gasteiger partial charge is 0.347 e. The summed E-state index contributed by atoms with van der Waals surface area (Å²) in [6, 6.07) is 11.2. The molecule has 2 unspecified atom stereocenters. The van der Waals surface area contributed by atoms with Crippen LogP contribution in [0.4, 0.5) is 5.69 Å². The van der Waals surface area contributed by atoms with Crippen molar-refractivity contribution < 1.29 is 23.3 Å². The molecule has 0 saturated heterocycles. The zero-order valence-electron chi connectivity index (χ0n) is 15.2. The molecule has 0 fully saturated rings. The summed E-state index contributed by atoms with van der Waals surface area (Å²) in [5.74, 6) is -0.238. The van der Waals surface area contributed by atoms with Crippen molar-refractivity contribution >= 4 is 51.6 Å². The van der Waals surface area contributed by atoms with Crippen molar-refractivity contribution in [3.8, 4) is 5.75 Å². The Morgan fingerprint density at radius 3 is 2.46 bits per heavy atom. The average Bonchev–Trinajstić information content (AvgIpc) is 2.65. The van der Waals surface area contributed by atoms with Gasteiger partial charge in [-0.15, -0.1) is 0 Å². The number of carbonyl (C=O) groups is 2. The number of nitrogens with one attached hydrogen (secondary N) is 1. The topological polar surface area (TPSA) is 81.7 Å². The molecule has 2 rings (SSSR count). The second-order valence-corrected chi connectivity index (χ2v) is 8.12. The molecule has 1 N–H and O–H groups in total. The van der Waals surface area contributed by atoms with Crippen molar-refractivity contribution in [2.75, 3.05) is 23.9 Å². The van der Waals surface area contributed by atoms with E-state index in [-0.39, 0.29) is 23.3 Å². The van der Waals surface area contributed by atoms with Gasteiger partial charge in [-0.3, -0.25) is 9.00 Å². The van der Waals surface area contributed by atoms with Crippen molar-refractivity contribution in [2.45, 2.75) is 13.0 Å². The fourth-order valence-corrected chi connectivity index (χ4v) is 2.77. The lowest BCUT2D eigenvalue weighted by molar-refractivity contribution is -0.150. The molecule has 0 aliphatic rings. The summed E-state index contributed by atoms with van der Waals surface area (Å²) < 4.78 is 21.5. The number of rotatable bonds is 8. The number of hydrogen-bond acceptors (Lipinski definition) is 5. The molecule has 28 heavy (non-hydrogen) atoms. The SMILES string of the molecule is CC(Oc1ccc(C(=O)Nc2cccc(Cl)c2Cl)cc1)C(=O)OCCS(C)=O. The fraction of sp³-hybridized carbons (Fsp3) is 0.263. The minimum Gasteiger partial charge on any atom is -0.479 e. The minimum absolute atomic E-state index is 0.0703. The maximum atomic E-state index is 12.3. The van der Waals surface area contributed by atoms with Crippen LogP contribution < -0.4 is 10.1 Å². The number of anilines is 1. The zero-order valence-corrected chi connectivity index (χ0v) is 17.6. The summed E-state index contributed by atoms with van der Waals surface area (Å²) >= 11 is 12.0. The first-order valence-electron chi connectivity index (χ1n) is 8.26. The third-order valence-electron chi connectivity index (χ3n) is 3.58. The number of benzene rings is 2. The van der Waals surface area contributed by atoms with Crippen LogP contribution in [-0.2, 0) is 20.3 Å². The highest BCUT2D eigenvalue weighted by molar-refractivity contribution is 7.84. The molecule has 0 spiro atoms. The van der Waals surface area contributed by atoms with Crippen LogP contribution in [0.15, 0.2) is 42.5 Å². The van der Waals surface area contributed by atoms with Crippen LogP contribution in [0, 0.1) is 0 Å². The highest BCUT2D eigenvalue weighted by Crippen LogP contribution is 2.29. The number of hydrogen-bond donors (Lipinski definition) is 1. The summed E-state index contributed by atoms with van der Waals surface area (Å²) in [6.45, 7) is 1.62. The van der Waals surface area contributed by atoms with Crippen molar-refractivity contribution in [1.82, 2.24) is 0 Å². The van der Waals surface area contributed by atoms with E-state index >= 15 is 0 Å². The van der Waals surface area contributed by atoms with Crippen LogP contribution in [0.2, 0.25) is 10.0 Å². The summed E-state index contributed by atoms with van der Waals surface area (Å²) in [5.41, 5.74) is 0.785. The van der Waals surface area contributed by atoms with Gasteiger partial charge in [0.05, 0.1) is 21.5 Å². The van der Waals surface area contributed by atoms with Gasteiger partial charge in [0.2, 0.25) is 0 Å². The summed E-state index contributed by atoms with van der Waals surface area (Å²) in [7, 11) is -1.03. The maximum absolute atomic E-state index is 12.3. The average molecular weight is 444 g/mol. The van der Waals surface area contributed by atoms with E-state index in [1.54, 1.807) is 49.4 Å². The number of carbonyl (C=O) groups excluding carboxylic acids is 2. The molecule has 1 amide bonds. The molecular weight excluding hydrogens is 425 g/mol. The van der Waals surface area contributed by atoms with E-state index in [2.05, 4.69) is 5.32 Å². The molecule has 0 saturated carbocycles. The fourth-order valence-electron chi connectivity index (χ4n) is 2.11. The quantitative estimate of drug-likeness (QED) is 0.624. The standard InChI is InChI=1S/C19H19Cl2NO5S/c1-12(19(24)26-10-11-28(2)25)27-14-8-6-13(7-9-14)18(23)22-16-5-3-4-15(20)17(16)21/h3-9,12H,10-11H2,1-2H3,(H,22,23). The molecule has 9 heteroatoms. The van der Waals surface area contributed by atoms with Crippen LogP contribution in [0.25, 0.3) is 0 Å². The Kier molecular flexibility index (Phi) is 8.29. The first-order chi connectivity index (χ1) is 13.3. The lowest BCUT2D eigenvalue weighted by atomic mass is 10.2. The first kappa shape index (κ1) is 22.2. The first-order valence-corrected chi connectivity index (χ1v) is 10.7. The number of esters is 1. The lowest BCUT2D eigenvalue weighted by Crippen LogP contribution is -2.27. The normalized spacial score (nSPS) is 12.7. The van der Waals surface area contributed by atoms with Gasteiger partial charge in [0, 0.05) is 22.6 Å². The molecule has 0 bridgehead atoms. The minimum atomic E-state index is -1.03. The van der Waals surface area contributed by atoms with Gasteiger partial charge < -0.3 is 14.8 Å². The maximum Gasteiger partial charge on any atom is 0.347 e. The molecule has 2 atom stereocenters. The van der Waals surface area contributed by atoms with E-state index < -0.39 is 22.9 Å². The van der Waals surface area contributed by atoms with E-state index in [0.717, 1.165) is 0 Å². The molecular formula is C19H19Cl2NO5S. The number of halogens is 2. The monoisotopic (exact) mass is 443 g/mol. The molecule has 2 aromatic rings. The van der Waals surface area contributed by atoms with Crippen molar-refractivity contribution in [2.24, 2.45) is 0 Å². The Labute approximate surface area is 175 Å². The van der Waals surface area contributed by atoms with Crippen LogP contribution >= 0.6 is 23.2 Å². The van der Waals surface area contributed by atoms with Crippen molar-refractivity contribution in [3.63, 3.8) is 0 Å². The second-order valence-electron chi connectivity index (χ2n) is 5.78. The van der Waals surface area contributed by atoms with Crippen LogP contribution in [0.1, 0.15) is 17.3 Å². The molecule has 0 aliphatic heterocycles. The number of amides is 1. The van der Waals surface area contributed by atoms with E-state index in [1.165, 1.54) is 6.26 Å². The zero-order chi connectivity index (χ0) is 20.7. The molecule has 0 aliphatic carbocycles. The van der Waals surface area contributed by atoms with Gasteiger partial charge in [-0.25, -0.2) is 4.79 Å². The predicted octanol–water partition coefficient (Wildman–Crippen LogP) is 3.93. The van der Waals surface area contributed by atoms with Gasteiger partial charge >= 0.3 is 5.97 Å². The van der Waals surface area contributed by atoms with Gasteiger partial charge in [-0.2, -0.15) is 0 Å². The molecule has 0 heterocycles. The Balaban J connectivity index is 1.93. The third kappa shape index (κ3) is 6.51. The molecule has 6 nitrogen and oxygen atoms in total. The van der Waals surface area contributed by atoms with Gasteiger partial charge in [-0.1, -0.05) is 29.3 Å². The highest BCUT2D eigenvalue weighted by Gasteiger charge is 2.17. The van der Waals surface area contributed by atoms with Crippen LogP contribution in [-0.4, -0.2) is 40.8 Å². The summed E-state index contributed by atoms with van der Waals surface area (Å²) in [4.78, 5) is 24.2. The lowest BCUT2D eigenvalue weighted by Gasteiger charge is -2.14. The Bertz CT molecular complexity index is 873.